The largest absolute Gasteiger partial charge is 0.451 e. The lowest BCUT2D eigenvalue weighted by Gasteiger charge is -2.14. The van der Waals surface area contributed by atoms with Gasteiger partial charge in [-0.15, -0.1) is 0 Å². The topological polar surface area (TPSA) is 62.5 Å². The summed E-state index contributed by atoms with van der Waals surface area (Å²) in [6.45, 7) is 2.83. The van der Waals surface area contributed by atoms with Crippen LogP contribution in [0.4, 0.5) is 0 Å². The number of benzene rings is 1. The Kier molecular flexibility index (Phi) is 5.18. The normalized spacial score (nSPS) is 12.5. The lowest BCUT2D eigenvalue weighted by Crippen LogP contribution is -2.29. The zero-order valence-corrected chi connectivity index (χ0v) is 11.8. The van der Waals surface area contributed by atoms with Gasteiger partial charge in [0.2, 0.25) is 0 Å². The highest BCUT2D eigenvalue weighted by molar-refractivity contribution is 5.96. The highest BCUT2D eigenvalue weighted by Gasteiger charge is 2.14. The Morgan fingerprint density at radius 3 is 2.85 bits per heavy atom. The van der Waals surface area contributed by atoms with Crippen LogP contribution in [0.25, 0.3) is 11.0 Å². The Balaban J connectivity index is 1.97. The summed E-state index contributed by atoms with van der Waals surface area (Å²) < 4.78 is 5.52. The lowest BCUT2D eigenvalue weighted by molar-refractivity contribution is 0.0917. The molecule has 0 radical (unpaired) electrons. The standard InChI is InChI=1S/C16H21NO3/c1-2-5-12(8-9-18)11-17-16(19)15-10-13-6-3-4-7-14(13)20-15/h3-4,6-7,10,12,18H,2,5,8-9,11H2,1H3,(H,17,19). The number of fused-ring (bicyclic) bond motifs is 1. The molecule has 0 saturated heterocycles. The summed E-state index contributed by atoms with van der Waals surface area (Å²) in [5, 5.41) is 12.8. The molecule has 20 heavy (non-hydrogen) atoms. The number of carbonyl (C=O) groups excluding carboxylic acids is 1. The van der Waals surface area contributed by atoms with Crippen LogP contribution in [-0.2, 0) is 0 Å². The van der Waals surface area contributed by atoms with E-state index < -0.39 is 0 Å². The molecule has 1 aromatic heterocycles. The molecule has 0 spiro atoms. The Labute approximate surface area is 118 Å². The second kappa shape index (κ2) is 7.10. The van der Waals surface area contributed by atoms with Crippen molar-refractivity contribution >= 4 is 16.9 Å². The third kappa shape index (κ3) is 3.61. The van der Waals surface area contributed by atoms with Crippen LogP contribution in [0, 0.1) is 5.92 Å². The third-order valence-electron chi connectivity index (χ3n) is 3.43. The summed E-state index contributed by atoms with van der Waals surface area (Å²) in [5.74, 6) is 0.462. The van der Waals surface area contributed by atoms with Crippen LogP contribution >= 0.6 is 0 Å². The molecule has 0 aliphatic rings. The van der Waals surface area contributed by atoms with Crippen molar-refractivity contribution < 1.29 is 14.3 Å². The number of aliphatic hydroxyl groups is 1. The average Bonchev–Trinajstić information content (AvgIpc) is 2.89. The van der Waals surface area contributed by atoms with Crippen molar-refractivity contribution in [2.24, 2.45) is 5.92 Å². The minimum Gasteiger partial charge on any atom is -0.451 e. The van der Waals surface area contributed by atoms with E-state index in [1.54, 1.807) is 6.07 Å². The van der Waals surface area contributed by atoms with Crippen LogP contribution in [-0.4, -0.2) is 24.2 Å². The number of furan rings is 1. The van der Waals surface area contributed by atoms with Crippen LogP contribution in [0.2, 0.25) is 0 Å². The molecule has 2 aromatic rings. The average molecular weight is 275 g/mol. The van der Waals surface area contributed by atoms with Gasteiger partial charge in [0.25, 0.3) is 5.91 Å². The summed E-state index contributed by atoms with van der Waals surface area (Å²) in [5.41, 5.74) is 0.720. The fourth-order valence-corrected chi connectivity index (χ4v) is 2.36. The maximum atomic E-state index is 12.1. The first-order chi connectivity index (χ1) is 9.74. The molecule has 2 rings (SSSR count). The highest BCUT2D eigenvalue weighted by atomic mass is 16.3. The Morgan fingerprint density at radius 2 is 2.15 bits per heavy atom. The summed E-state index contributed by atoms with van der Waals surface area (Å²) in [6, 6.07) is 9.31. The minimum atomic E-state index is -0.194. The molecule has 2 N–H and O–H groups in total. The molecule has 1 amide bonds. The van der Waals surface area contributed by atoms with Crippen LogP contribution in [0.1, 0.15) is 36.7 Å². The summed E-state index contributed by atoms with van der Waals surface area (Å²) in [4.78, 5) is 12.1. The fraction of sp³-hybridized carbons (Fsp3) is 0.438. The van der Waals surface area contributed by atoms with Crippen LogP contribution in [0.15, 0.2) is 34.7 Å². The van der Waals surface area contributed by atoms with E-state index in [0.717, 1.165) is 23.8 Å². The molecule has 0 bridgehead atoms. The molecule has 1 heterocycles. The molecule has 1 aromatic carbocycles. The number of nitrogens with one attached hydrogen (secondary N) is 1. The van der Waals surface area contributed by atoms with Gasteiger partial charge in [-0.2, -0.15) is 0 Å². The Hall–Kier alpha value is -1.81. The zero-order chi connectivity index (χ0) is 14.4. The molecule has 0 fully saturated rings. The number of rotatable bonds is 7. The molecule has 0 aliphatic carbocycles. The van der Waals surface area contributed by atoms with E-state index in [2.05, 4.69) is 12.2 Å². The van der Waals surface area contributed by atoms with Gasteiger partial charge in [-0.3, -0.25) is 4.79 Å². The third-order valence-corrected chi connectivity index (χ3v) is 3.43. The van der Waals surface area contributed by atoms with Gasteiger partial charge in [-0.25, -0.2) is 0 Å². The smallest absolute Gasteiger partial charge is 0.287 e. The van der Waals surface area contributed by atoms with E-state index >= 15 is 0 Å². The van der Waals surface area contributed by atoms with E-state index in [0.29, 0.717) is 24.6 Å². The van der Waals surface area contributed by atoms with Gasteiger partial charge in [0.05, 0.1) is 0 Å². The molecular weight excluding hydrogens is 254 g/mol. The number of para-hydroxylation sites is 1. The predicted octanol–water partition coefficient (Wildman–Crippen LogP) is 2.96. The highest BCUT2D eigenvalue weighted by Crippen LogP contribution is 2.18. The van der Waals surface area contributed by atoms with Crippen molar-refractivity contribution in [3.05, 3.63) is 36.1 Å². The van der Waals surface area contributed by atoms with E-state index in [-0.39, 0.29) is 12.5 Å². The maximum Gasteiger partial charge on any atom is 0.287 e. The molecule has 108 valence electrons. The van der Waals surface area contributed by atoms with Crippen molar-refractivity contribution in [3.8, 4) is 0 Å². The van der Waals surface area contributed by atoms with Crippen molar-refractivity contribution in [2.45, 2.75) is 26.2 Å². The first-order valence-electron chi connectivity index (χ1n) is 7.12. The lowest BCUT2D eigenvalue weighted by atomic mass is 10.0. The van der Waals surface area contributed by atoms with Crippen LogP contribution < -0.4 is 5.32 Å². The minimum absolute atomic E-state index is 0.158. The molecule has 1 atom stereocenters. The Bertz CT molecular complexity index is 523. The number of carbonyl (C=O) groups is 1. The SMILES string of the molecule is CCCC(CCO)CNC(=O)c1cc2ccccc2o1. The van der Waals surface area contributed by atoms with Gasteiger partial charge in [0, 0.05) is 18.5 Å². The van der Waals surface area contributed by atoms with E-state index in [4.69, 9.17) is 9.52 Å². The second-order valence-corrected chi connectivity index (χ2v) is 5.03. The van der Waals surface area contributed by atoms with Gasteiger partial charge in [0.1, 0.15) is 5.58 Å². The van der Waals surface area contributed by atoms with Crippen molar-refractivity contribution in [2.75, 3.05) is 13.2 Å². The van der Waals surface area contributed by atoms with Crippen LogP contribution in [0.3, 0.4) is 0 Å². The van der Waals surface area contributed by atoms with Crippen molar-refractivity contribution in [1.82, 2.24) is 5.32 Å². The first kappa shape index (κ1) is 14.6. The maximum absolute atomic E-state index is 12.1. The monoisotopic (exact) mass is 275 g/mol. The molecular formula is C16H21NO3. The zero-order valence-electron chi connectivity index (χ0n) is 11.8. The van der Waals surface area contributed by atoms with E-state index in [1.807, 2.05) is 24.3 Å². The van der Waals surface area contributed by atoms with E-state index in [1.165, 1.54) is 0 Å². The first-order valence-corrected chi connectivity index (χ1v) is 7.12. The van der Waals surface area contributed by atoms with Gasteiger partial charge in [-0.05, 0) is 30.9 Å². The number of aliphatic hydroxyl groups excluding tert-OH is 1. The van der Waals surface area contributed by atoms with Gasteiger partial charge in [0.15, 0.2) is 5.76 Å². The fourth-order valence-electron chi connectivity index (χ4n) is 2.36. The predicted molar refractivity (Wildman–Crippen MR) is 78.6 cm³/mol. The van der Waals surface area contributed by atoms with Crippen LogP contribution in [0.5, 0.6) is 0 Å². The second-order valence-electron chi connectivity index (χ2n) is 5.03. The summed E-state index contributed by atoms with van der Waals surface area (Å²) in [6.07, 6.45) is 2.76. The van der Waals surface area contributed by atoms with Gasteiger partial charge >= 0.3 is 0 Å². The van der Waals surface area contributed by atoms with Crippen molar-refractivity contribution in [3.63, 3.8) is 0 Å². The molecule has 4 heteroatoms. The number of hydrogen-bond acceptors (Lipinski definition) is 3. The number of amides is 1. The van der Waals surface area contributed by atoms with Gasteiger partial charge in [-0.1, -0.05) is 31.5 Å². The van der Waals surface area contributed by atoms with E-state index in [9.17, 15) is 4.79 Å². The summed E-state index contributed by atoms with van der Waals surface area (Å²) in [7, 11) is 0. The van der Waals surface area contributed by atoms with Crippen molar-refractivity contribution in [1.29, 1.82) is 0 Å². The van der Waals surface area contributed by atoms with Gasteiger partial charge < -0.3 is 14.8 Å². The molecule has 0 saturated carbocycles. The molecule has 0 aliphatic heterocycles. The Morgan fingerprint density at radius 1 is 1.35 bits per heavy atom. The molecule has 1 unspecified atom stereocenters. The summed E-state index contributed by atoms with van der Waals surface area (Å²) >= 11 is 0. The molecule has 4 nitrogen and oxygen atoms in total. The number of hydrogen-bond donors (Lipinski definition) is 2. The quantitative estimate of drug-likeness (QED) is 0.816.